The molecule has 0 aliphatic carbocycles. The van der Waals surface area contributed by atoms with Crippen LogP contribution >= 0.6 is 0 Å². The molecule has 2 aromatic rings. The summed E-state index contributed by atoms with van der Waals surface area (Å²) in [5, 5.41) is 4.46. The van der Waals surface area contributed by atoms with Gasteiger partial charge in [-0.25, -0.2) is 13.1 Å². The van der Waals surface area contributed by atoms with Crippen molar-refractivity contribution >= 4 is 15.7 Å². The average molecular weight is 388 g/mol. The summed E-state index contributed by atoms with van der Waals surface area (Å²) in [7, 11) is -3.12. The van der Waals surface area contributed by atoms with Crippen LogP contribution in [0.15, 0.2) is 36.7 Å². The van der Waals surface area contributed by atoms with Crippen molar-refractivity contribution in [3.05, 3.63) is 47.8 Å². The molecule has 2 saturated heterocycles. The Morgan fingerprint density at radius 2 is 2.00 bits per heavy atom. The number of amides is 1. The van der Waals surface area contributed by atoms with E-state index in [2.05, 4.69) is 16.1 Å². The van der Waals surface area contributed by atoms with Gasteiger partial charge in [0.05, 0.1) is 29.4 Å². The first-order valence-corrected chi connectivity index (χ1v) is 11.0. The molecule has 1 aromatic carbocycles. The summed E-state index contributed by atoms with van der Waals surface area (Å²) in [6.07, 6.45) is 3.82. The molecule has 7 nitrogen and oxygen atoms in total. The molecule has 144 valence electrons. The molecule has 0 N–H and O–H groups in total. The number of carbonyl (C=O) groups excluding carboxylic acids is 1. The number of rotatable bonds is 3. The van der Waals surface area contributed by atoms with Crippen LogP contribution < -0.4 is 0 Å². The van der Waals surface area contributed by atoms with Crippen LogP contribution in [0.3, 0.4) is 0 Å². The van der Waals surface area contributed by atoms with Crippen molar-refractivity contribution in [3.8, 4) is 5.69 Å². The van der Waals surface area contributed by atoms with Crippen LogP contribution in [0.5, 0.6) is 0 Å². The quantitative estimate of drug-likeness (QED) is 0.785. The monoisotopic (exact) mass is 388 g/mol. The van der Waals surface area contributed by atoms with Gasteiger partial charge in [-0.2, -0.15) is 5.10 Å². The van der Waals surface area contributed by atoms with Crippen molar-refractivity contribution in [2.45, 2.75) is 32.5 Å². The summed E-state index contributed by atoms with van der Waals surface area (Å²) in [6.45, 7) is 5.44. The normalized spacial score (nSPS) is 24.7. The number of benzene rings is 1. The van der Waals surface area contributed by atoms with Crippen molar-refractivity contribution in [3.63, 3.8) is 0 Å². The van der Waals surface area contributed by atoms with Gasteiger partial charge >= 0.3 is 0 Å². The topological polar surface area (TPSA) is 75.5 Å². The van der Waals surface area contributed by atoms with E-state index >= 15 is 0 Å². The molecule has 2 aliphatic rings. The Labute approximate surface area is 159 Å². The molecule has 0 radical (unpaired) electrons. The summed E-state index contributed by atoms with van der Waals surface area (Å²) in [4.78, 5) is 15.8. The summed E-state index contributed by atoms with van der Waals surface area (Å²) < 4.78 is 26.3. The maximum absolute atomic E-state index is 12.2. The highest BCUT2D eigenvalue weighted by Crippen LogP contribution is 2.28. The summed E-state index contributed by atoms with van der Waals surface area (Å²) in [5.41, 5.74) is 3.21. The van der Waals surface area contributed by atoms with Crippen LogP contribution in [0.2, 0.25) is 0 Å². The van der Waals surface area contributed by atoms with Gasteiger partial charge in [-0.15, -0.1) is 0 Å². The second-order valence-electron chi connectivity index (χ2n) is 7.53. The van der Waals surface area contributed by atoms with Crippen molar-refractivity contribution in [1.29, 1.82) is 0 Å². The Morgan fingerprint density at radius 1 is 1.22 bits per heavy atom. The maximum Gasteiger partial charge on any atom is 0.219 e. The molecule has 3 heterocycles. The van der Waals surface area contributed by atoms with Crippen molar-refractivity contribution in [2.75, 3.05) is 24.6 Å². The Hall–Kier alpha value is -2.19. The molecule has 2 aliphatic heterocycles. The van der Waals surface area contributed by atoms with Gasteiger partial charge in [0.1, 0.15) is 0 Å². The number of nitrogens with zero attached hydrogens (tertiary/aromatic N) is 4. The number of aryl methyl sites for hydroxylation is 1. The first-order valence-electron chi connectivity index (χ1n) is 9.15. The minimum atomic E-state index is -3.12. The molecule has 0 saturated carbocycles. The van der Waals surface area contributed by atoms with E-state index in [1.54, 1.807) is 4.90 Å². The SMILES string of the molecule is CC(=O)N1CCN(Cc2cnn(-c3cccc(C)c3)c2)[C@@H]2CS(=O)(=O)C[C@@H]21. The lowest BCUT2D eigenvalue weighted by Crippen LogP contribution is -2.59. The van der Waals surface area contributed by atoms with Gasteiger partial charge in [0.25, 0.3) is 0 Å². The second kappa shape index (κ2) is 6.76. The van der Waals surface area contributed by atoms with E-state index in [9.17, 15) is 13.2 Å². The largest absolute Gasteiger partial charge is 0.336 e. The number of carbonyl (C=O) groups is 1. The molecule has 1 amide bonds. The fourth-order valence-electron chi connectivity index (χ4n) is 4.20. The molecule has 2 fully saturated rings. The van der Waals surface area contributed by atoms with Crippen molar-refractivity contribution < 1.29 is 13.2 Å². The van der Waals surface area contributed by atoms with Gasteiger partial charge in [-0.1, -0.05) is 12.1 Å². The van der Waals surface area contributed by atoms with E-state index in [1.165, 1.54) is 12.5 Å². The molecule has 0 bridgehead atoms. The average Bonchev–Trinajstić information content (AvgIpc) is 3.18. The number of sulfone groups is 1. The predicted octanol–water partition coefficient (Wildman–Crippen LogP) is 1.01. The molecule has 8 heteroatoms. The summed E-state index contributed by atoms with van der Waals surface area (Å²) >= 11 is 0. The first-order chi connectivity index (χ1) is 12.8. The summed E-state index contributed by atoms with van der Waals surface area (Å²) in [6, 6.07) is 7.74. The zero-order valence-corrected chi connectivity index (χ0v) is 16.4. The lowest BCUT2D eigenvalue weighted by Gasteiger charge is -2.43. The van der Waals surface area contributed by atoms with E-state index in [4.69, 9.17) is 0 Å². The van der Waals surface area contributed by atoms with Crippen LogP contribution in [-0.4, -0.2) is 70.6 Å². The van der Waals surface area contributed by atoms with Crippen LogP contribution in [0, 0.1) is 6.92 Å². The predicted molar refractivity (Wildman–Crippen MR) is 102 cm³/mol. The molecule has 0 unspecified atom stereocenters. The number of aromatic nitrogens is 2. The lowest BCUT2D eigenvalue weighted by molar-refractivity contribution is -0.134. The standard InChI is InChI=1S/C19H24N4O3S/c1-14-4-3-5-17(8-14)23-11-16(9-20-23)10-21-6-7-22(15(2)24)19-13-27(25,26)12-18(19)21/h3-5,8-9,11,18-19H,6-7,10,12-13H2,1-2H3/t18-,19+/m1/s1. The smallest absolute Gasteiger partial charge is 0.219 e. The molecule has 0 spiro atoms. The van der Waals surface area contributed by atoms with Gasteiger partial charge in [0.15, 0.2) is 9.84 Å². The fraction of sp³-hybridized carbons (Fsp3) is 0.474. The van der Waals surface area contributed by atoms with E-state index in [1.807, 2.05) is 42.2 Å². The van der Waals surface area contributed by atoms with Crippen LogP contribution in [0.25, 0.3) is 5.69 Å². The zero-order chi connectivity index (χ0) is 19.2. The molecular weight excluding hydrogens is 364 g/mol. The lowest BCUT2D eigenvalue weighted by atomic mass is 10.0. The third-order valence-electron chi connectivity index (χ3n) is 5.48. The van der Waals surface area contributed by atoms with Crippen LogP contribution in [0.1, 0.15) is 18.1 Å². The number of piperazine rings is 1. The van der Waals surface area contributed by atoms with Gasteiger partial charge in [0, 0.05) is 44.4 Å². The first kappa shape index (κ1) is 18.2. The number of fused-ring (bicyclic) bond motifs is 1. The van der Waals surface area contributed by atoms with Crippen molar-refractivity contribution in [1.82, 2.24) is 19.6 Å². The van der Waals surface area contributed by atoms with Gasteiger partial charge in [-0.05, 0) is 24.6 Å². The van der Waals surface area contributed by atoms with Gasteiger partial charge in [0.2, 0.25) is 5.91 Å². The third kappa shape index (κ3) is 3.64. The highest BCUT2D eigenvalue weighted by molar-refractivity contribution is 7.91. The molecule has 27 heavy (non-hydrogen) atoms. The Kier molecular flexibility index (Phi) is 4.55. The zero-order valence-electron chi connectivity index (χ0n) is 15.6. The summed E-state index contributed by atoms with van der Waals surface area (Å²) in [5.74, 6) is 0.137. The Bertz CT molecular complexity index is 969. The van der Waals surface area contributed by atoms with Crippen LogP contribution in [0.4, 0.5) is 0 Å². The fourth-order valence-corrected chi connectivity index (χ4v) is 6.21. The molecular formula is C19H24N4O3S. The van der Waals surface area contributed by atoms with Crippen LogP contribution in [-0.2, 0) is 21.2 Å². The minimum Gasteiger partial charge on any atom is -0.336 e. The maximum atomic E-state index is 12.2. The van der Waals surface area contributed by atoms with E-state index < -0.39 is 9.84 Å². The Morgan fingerprint density at radius 3 is 2.74 bits per heavy atom. The molecule has 1 aromatic heterocycles. The third-order valence-corrected chi connectivity index (χ3v) is 7.18. The van der Waals surface area contributed by atoms with E-state index in [-0.39, 0.29) is 29.5 Å². The number of hydrogen-bond donors (Lipinski definition) is 0. The van der Waals surface area contributed by atoms with Crippen molar-refractivity contribution in [2.24, 2.45) is 0 Å². The molecule has 2 atom stereocenters. The van der Waals surface area contributed by atoms with E-state index in [0.717, 1.165) is 11.3 Å². The molecule has 4 rings (SSSR count). The highest BCUT2D eigenvalue weighted by Gasteiger charge is 2.47. The highest BCUT2D eigenvalue weighted by atomic mass is 32.2. The minimum absolute atomic E-state index is 0.0472. The number of hydrogen-bond acceptors (Lipinski definition) is 5. The van der Waals surface area contributed by atoms with Gasteiger partial charge < -0.3 is 4.90 Å². The van der Waals surface area contributed by atoms with E-state index in [0.29, 0.717) is 19.6 Å². The second-order valence-corrected chi connectivity index (χ2v) is 9.68. The Balaban J connectivity index is 1.54. The van der Waals surface area contributed by atoms with Gasteiger partial charge in [-0.3, -0.25) is 9.69 Å².